The maximum Gasteiger partial charge on any atom is 0.160 e. The number of benzene rings is 2. The van der Waals surface area contributed by atoms with Gasteiger partial charge in [-0.1, -0.05) is 34.1 Å². The van der Waals surface area contributed by atoms with Crippen molar-refractivity contribution in [2.75, 3.05) is 0 Å². The van der Waals surface area contributed by atoms with Crippen LogP contribution in [-0.2, 0) is 0 Å². The van der Waals surface area contributed by atoms with E-state index < -0.39 is 0 Å². The van der Waals surface area contributed by atoms with Crippen molar-refractivity contribution < 1.29 is 9.21 Å². The Morgan fingerprint density at radius 1 is 1.18 bits per heavy atom. The zero-order valence-corrected chi connectivity index (χ0v) is 10.7. The van der Waals surface area contributed by atoms with Crippen LogP contribution in [0.1, 0.15) is 17.3 Å². The quantitative estimate of drug-likeness (QED) is 0.615. The number of ketones is 1. The van der Waals surface area contributed by atoms with E-state index in [2.05, 4.69) is 15.9 Å². The number of rotatable bonds is 1. The molecule has 3 aromatic rings. The summed E-state index contributed by atoms with van der Waals surface area (Å²) in [5, 5.41) is 1.89. The summed E-state index contributed by atoms with van der Waals surface area (Å²) in [4.78, 5) is 11.7. The van der Waals surface area contributed by atoms with Gasteiger partial charge in [-0.2, -0.15) is 0 Å². The van der Waals surface area contributed by atoms with Crippen LogP contribution < -0.4 is 0 Å². The van der Waals surface area contributed by atoms with E-state index in [4.69, 9.17) is 4.42 Å². The first-order valence-corrected chi connectivity index (χ1v) is 6.08. The smallest absolute Gasteiger partial charge is 0.160 e. The van der Waals surface area contributed by atoms with Gasteiger partial charge in [-0.15, -0.1) is 0 Å². The second-order valence-corrected chi connectivity index (χ2v) is 4.90. The van der Waals surface area contributed by atoms with Crippen LogP contribution in [0.15, 0.2) is 45.3 Å². The molecule has 3 rings (SSSR count). The van der Waals surface area contributed by atoms with Crippen LogP contribution >= 0.6 is 15.9 Å². The van der Waals surface area contributed by atoms with Crippen LogP contribution in [0.3, 0.4) is 0 Å². The fourth-order valence-corrected chi connectivity index (χ4v) is 2.54. The van der Waals surface area contributed by atoms with Crippen molar-refractivity contribution in [2.24, 2.45) is 0 Å². The van der Waals surface area contributed by atoms with Crippen LogP contribution in [0.4, 0.5) is 0 Å². The number of hydrogen-bond acceptors (Lipinski definition) is 2. The SMILES string of the molecule is CC(=O)c1cc(Br)cc2oc3ccccc3c12. The summed E-state index contributed by atoms with van der Waals surface area (Å²) in [5.74, 6) is 0.0443. The van der Waals surface area contributed by atoms with Gasteiger partial charge in [0.2, 0.25) is 0 Å². The van der Waals surface area contributed by atoms with Gasteiger partial charge in [-0.25, -0.2) is 0 Å². The summed E-state index contributed by atoms with van der Waals surface area (Å²) in [6.07, 6.45) is 0. The highest BCUT2D eigenvalue weighted by atomic mass is 79.9. The number of hydrogen-bond donors (Lipinski definition) is 0. The molecule has 1 aromatic heterocycles. The third-order valence-electron chi connectivity index (χ3n) is 2.82. The molecule has 1 heterocycles. The lowest BCUT2D eigenvalue weighted by molar-refractivity contribution is 0.101. The molecule has 3 heteroatoms. The molecule has 0 aliphatic heterocycles. The molecule has 0 amide bonds. The largest absolute Gasteiger partial charge is 0.456 e. The van der Waals surface area contributed by atoms with E-state index >= 15 is 0 Å². The number of Topliss-reactive ketones (excluding diaryl/α,β-unsaturated/α-hetero) is 1. The number of furan rings is 1. The second-order valence-electron chi connectivity index (χ2n) is 3.98. The van der Waals surface area contributed by atoms with Crippen molar-refractivity contribution in [2.45, 2.75) is 6.92 Å². The minimum Gasteiger partial charge on any atom is -0.456 e. The normalized spacial score (nSPS) is 11.2. The van der Waals surface area contributed by atoms with E-state index in [1.165, 1.54) is 0 Å². The molecule has 0 saturated carbocycles. The average Bonchev–Trinajstić information content (AvgIpc) is 2.65. The zero-order chi connectivity index (χ0) is 12.0. The van der Waals surface area contributed by atoms with E-state index in [-0.39, 0.29) is 5.78 Å². The zero-order valence-electron chi connectivity index (χ0n) is 9.16. The van der Waals surface area contributed by atoms with E-state index in [1.54, 1.807) is 6.92 Å². The highest BCUT2D eigenvalue weighted by Crippen LogP contribution is 2.33. The Kier molecular flexibility index (Phi) is 2.30. The van der Waals surface area contributed by atoms with Gasteiger partial charge < -0.3 is 4.42 Å². The molecular formula is C14H9BrO2. The maximum absolute atomic E-state index is 11.7. The van der Waals surface area contributed by atoms with Crippen LogP contribution in [-0.4, -0.2) is 5.78 Å². The third kappa shape index (κ3) is 1.58. The molecule has 0 N–H and O–H groups in total. The standard InChI is InChI=1S/C14H9BrO2/c1-8(16)11-6-9(15)7-13-14(11)10-4-2-3-5-12(10)17-13/h2-7H,1H3. The fourth-order valence-electron chi connectivity index (χ4n) is 2.10. The molecule has 0 spiro atoms. The molecule has 0 aliphatic carbocycles. The van der Waals surface area contributed by atoms with Crippen LogP contribution in [0.25, 0.3) is 21.9 Å². The van der Waals surface area contributed by atoms with Crippen LogP contribution in [0.5, 0.6) is 0 Å². The minimum absolute atomic E-state index is 0.0443. The second kappa shape index (κ2) is 3.70. The molecular weight excluding hydrogens is 280 g/mol. The van der Waals surface area contributed by atoms with Gasteiger partial charge in [0.25, 0.3) is 0 Å². The number of carbonyl (C=O) groups excluding carboxylic acids is 1. The van der Waals surface area contributed by atoms with Crippen molar-refractivity contribution in [3.8, 4) is 0 Å². The first-order chi connectivity index (χ1) is 8.16. The molecule has 0 saturated heterocycles. The first kappa shape index (κ1) is 10.5. The predicted octanol–water partition coefficient (Wildman–Crippen LogP) is 4.55. The van der Waals surface area contributed by atoms with Crippen molar-refractivity contribution >= 4 is 43.7 Å². The van der Waals surface area contributed by atoms with Crippen molar-refractivity contribution in [3.63, 3.8) is 0 Å². The van der Waals surface area contributed by atoms with Crippen molar-refractivity contribution in [3.05, 3.63) is 46.4 Å². The fraction of sp³-hybridized carbons (Fsp3) is 0.0714. The lowest BCUT2D eigenvalue weighted by Crippen LogP contribution is -1.92. The van der Waals surface area contributed by atoms with Gasteiger partial charge in [-0.3, -0.25) is 4.79 Å². The number of para-hydroxylation sites is 1. The molecule has 2 aromatic carbocycles. The third-order valence-corrected chi connectivity index (χ3v) is 3.28. The summed E-state index contributed by atoms with van der Waals surface area (Å²) in [6.45, 7) is 1.57. The van der Waals surface area contributed by atoms with Gasteiger partial charge in [0.05, 0.1) is 0 Å². The maximum atomic E-state index is 11.7. The molecule has 17 heavy (non-hydrogen) atoms. The lowest BCUT2D eigenvalue weighted by Gasteiger charge is -1.99. The van der Waals surface area contributed by atoms with Crippen LogP contribution in [0.2, 0.25) is 0 Å². The molecule has 0 unspecified atom stereocenters. The van der Waals surface area contributed by atoms with E-state index in [0.29, 0.717) is 5.56 Å². The van der Waals surface area contributed by atoms with Gasteiger partial charge >= 0.3 is 0 Å². The van der Waals surface area contributed by atoms with E-state index in [9.17, 15) is 4.79 Å². The Labute approximate surface area is 106 Å². The molecule has 0 aliphatic rings. The Hall–Kier alpha value is -1.61. The first-order valence-electron chi connectivity index (χ1n) is 5.28. The van der Waals surface area contributed by atoms with Crippen molar-refractivity contribution in [1.82, 2.24) is 0 Å². The number of carbonyl (C=O) groups is 1. The lowest BCUT2D eigenvalue weighted by atomic mass is 10.0. The van der Waals surface area contributed by atoms with Gasteiger partial charge in [0, 0.05) is 20.8 Å². The Bertz CT molecular complexity index is 740. The highest BCUT2D eigenvalue weighted by Gasteiger charge is 2.14. The van der Waals surface area contributed by atoms with Crippen LogP contribution in [0, 0.1) is 0 Å². The Morgan fingerprint density at radius 3 is 2.71 bits per heavy atom. The topological polar surface area (TPSA) is 30.2 Å². The minimum atomic E-state index is 0.0443. The molecule has 0 bridgehead atoms. The summed E-state index contributed by atoms with van der Waals surface area (Å²) in [6, 6.07) is 11.5. The monoisotopic (exact) mass is 288 g/mol. The van der Waals surface area contributed by atoms with E-state index in [1.807, 2.05) is 36.4 Å². The summed E-state index contributed by atoms with van der Waals surface area (Å²) in [7, 11) is 0. The molecule has 2 nitrogen and oxygen atoms in total. The molecule has 0 fully saturated rings. The summed E-state index contributed by atoms with van der Waals surface area (Å²) >= 11 is 3.40. The van der Waals surface area contributed by atoms with Gasteiger partial charge in [0.1, 0.15) is 11.2 Å². The predicted molar refractivity (Wildman–Crippen MR) is 71.4 cm³/mol. The average molecular weight is 289 g/mol. The van der Waals surface area contributed by atoms with Crippen molar-refractivity contribution in [1.29, 1.82) is 0 Å². The summed E-state index contributed by atoms with van der Waals surface area (Å²) in [5.41, 5.74) is 2.24. The van der Waals surface area contributed by atoms with Gasteiger partial charge in [-0.05, 0) is 25.1 Å². The molecule has 84 valence electrons. The van der Waals surface area contributed by atoms with E-state index in [0.717, 1.165) is 26.4 Å². The Balaban J connectivity index is 2.58. The molecule has 0 radical (unpaired) electrons. The summed E-state index contributed by atoms with van der Waals surface area (Å²) < 4.78 is 6.60. The highest BCUT2D eigenvalue weighted by molar-refractivity contribution is 9.10. The molecule has 0 atom stereocenters. The van der Waals surface area contributed by atoms with Gasteiger partial charge in [0.15, 0.2) is 5.78 Å². The Morgan fingerprint density at radius 2 is 1.94 bits per heavy atom. The number of halogens is 1. The number of fused-ring (bicyclic) bond motifs is 3.